The summed E-state index contributed by atoms with van der Waals surface area (Å²) in [5.41, 5.74) is 20.0. The molecule has 1 N–H and O–H groups in total. The average molecular weight is 1160 g/mol. The molecule has 0 bridgehead atoms. The van der Waals surface area contributed by atoms with Gasteiger partial charge in [0.1, 0.15) is 22.7 Å². The van der Waals surface area contributed by atoms with Gasteiger partial charge in [-0.3, -0.25) is 9.55 Å². The summed E-state index contributed by atoms with van der Waals surface area (Å²) in [6.45, 7) is 31.5. The van der Waals surface area contributed by atoms with E-state index in [1.807, 2.05) is 24.3 Å². The summed E-state index contributed by atoms with van der Waals surface area (Å²) in [4.78, 5) is 11.3. The first-order chi connectivity index (χ1) is 34.7. The van der Waals surface area contributed by atoms with Crippen LogP contribution < -0.4 is 0 Å². The molecule has 3 aromatic heterocycles. The van der Waals surface area contributed by atoms with E-state index in [9.17, 15) is 5.11 Å². The van der Waals surface area contributed by atoms with Crippen LogP contribution in [0.4, 0.5) is 0 Å². The van der Waals surface area contributed by atoms with E-state index in [0.717, 1.165) is 89.0 Å². The summed E-state index contributed by atoms with van der Waals surface area (Å²) in [5.74, 6) is 1.82. The number of aromatic nitrogens is 3. The zero-order valence-electron chi connectivity index (χ0n) is 45.6. The molecule has 0 aliphatic rings. The van der Waals surface area contributed by atoms with Crippen LogP contribution in [0.3, 0.4) is 0 Å². The van der Waals surface area contributed by atoms with Crippen LogP contribution in [-0.2, 0) is 31.9 Å². The predicted molar refractivity (Wildman–Crippen MR) is 308 cm³/mol. The van der Waals surface area contributed by atoms with Crippen molar-refractivity contribution < 1.29 is 30.6 Å². The van der Waals surface area contributed by atoms with Gasteiger partial charge in [0.2, 0.25) is 0 Å². The number of phenols is 1. The Bertz CT molecular complexity index is 3670. The van der Waals surface area contributed by atoms with Gasteiger partial charge in [-0.15, -0.1) is 35.9 Å². The second kappa shape index (κ2) is 19.9. The number of benzene rings is 7. The Balaban J connectivity index is 0.00000672. The Kier molecular flexibility index (Phi) is 14.1. The number of imidazole rings is 1. The molecule has 5 nitrogen and oxygen atoms in total. The first-order valence-corrected chi connectivity index (χ1v) is 26.3. The number of aromatic hydroxyl groups is 1. The summed E-state index contributed by atoms with van der Waals surface area (Å²) < 4.78 is 8.76. The van der Waals surface area contributed by atoms with Crippen molar-refractivity contribution >= 4 is 33.0 Å². The van der Waals surface area contributed by atoms with Crippen molar-refractivity contribution in [1.82, 2.24) is 14.5 Å². The number of phenolic OH excluding ortho intramolecular Hbond substituents is 1. The molecule has 6 heteroatoms. The Morgan fingerprint density at radius 2 is 1.15 bits per heavy atom. The molecule has 7 aromatic carbocycles. The fourth-order valence-corrected chi connectivity index (χ4v) is 10.8. The number of hydrogen-bond acceptors (Lipinski definition) is 4. The van der Waals surface area contributed by atoms with Gasteiger partial charge < -0.3 is 9.52 Å². The average Bonchev–Trinajstić information content (AvgIpc) is 3.93. The van der Waals surface area contributed by atoms with Crippen molar-refractivity contribution in [3.05, 3.63) is 179 Å². The van der Waals surface area contributed by atoms with Crippen LogP contribution in [-0.4, -0.2) is 19.6 Å². The standard InChI is InChI=1S/C68H70N3O2.Pt/c1-39(2)48-25-20-26-49(40(3)4)64(48)71-59-28-21-27-52(63(59)70-66(71)55-37-47(67(9,10)11)38-56(65(55)72)68(12,13)14)58-35-46(34-57(69-58)43-22-16-15-17-23-43)62-53(41(5)6)32-45(33-54(62)42(7)8)44-30-31-51-50-24-18-19-29-60(50)73-61(51)36-44;/h15-22,24-42,72H,1-14H3;/q-1;. The molecule has 0 spiro atoms. The summed E-state index contributed by atoms with van der Waals surface area (Å²) in [7, 11) is 0. The number of nitrogens with zero attached hydrogens (tertiary/aromatic N) is 3. The van der Waals surface area contributed by atoms with E-state index in [0.29, 0.717) is 5.82 Å². The largest absolute Gasteiger partial charge is 0.507 e. The van der Waals surface area contributed by atoms with E-state index in [-0.39, 0.29) is 61.3 Å². The molecule has 0 aliphatic carbocycles. The molecule has 0 aliphatic heterocycles. The fraction of sp³-hybridized carbons (Fsp3) is 0.294. The van der Waals surface area contributed by atoms with E-state index >= 15 is 0 Å². The minimum Gasteiger partial charge on any atom is -0.507 e. The van der Waals surface area contributed by atoms with E-state index in [4.69, 9.17) is 14.4 Å². The molecule has 10 rings (SSSR count). The Labute approximate surface area is 453 Å². The molecular formula is C68H70N3O2Pt-. The second-order valence-electron chi connectivity index (χ2n) is 23.5. The maximum atomic E-state index is 12.7. The first kappa shape index (κ1) is 52.3. The third-order valence-electron chi connectivity index (χ3n) is 14.8. The van der Waals surface area contributed by atoms with Gasteiger partial charge in [-0.2, -0.15) is 0 Å². The Morgan fingerprint density at radius 1 is 0.527 bits per heavy atom. The van der Waals surface area contributed by atoms with E-state index in [2.05, 4.69) is 223 Å². The number of para-hydroxylation sites is 3. The fourth-order valence-electron chi connectivity index (χ4n) is 10.8. The number of furan rings is 1. The van der Waals surface area contributed by atoms with Crippen LogP contribution >= 0.6 is 0 Å². The van der Waals surface area contributed by atoms with Crippen LogP contribution in [0.1, 0.15) is 154 Å². The van der Waals surface area contributed by atoms with Crippen molar-refractivity contribution in [2.75, 3.05) is 0 Å². The molecule has 0 amide bonds. The van der Waals surface area contributed by atoms with Crippen LogP contribution in [0, 0.1) is 6.07 Å². The van der Waals surface area contributed by atoms with Gasteiger partial charge in [-0.25, -0.2) is 4.98 Å². The van der Waals surface area contributed by atoms with Gasteiger partial charge in [0.25, 0.3) is 0 Å². The van der Waals surface area contributed by atoms with Gasteiger partial charge in [0.05, 0.1) is 28.0 Å². The summed E-state index contributed by atoms with van der Waals surface area (Å²) in [6.07, 6.45) is 0. The SMILES string of the molecule is CC(C)c1cc(-c2ccc3c(c2)oc2ccccc23)cc(C(C)C)c1-c1cc(-c2[c-]cccc2)nc(-c2cccc3c2nc(-c2cc(C(C)(C)C)cc(C(C)(C)C)c2O)n3-c2c(C(C)C)cccc2C(C)C)c1.[Pt]. The minimum absolute atomic E-state index is 0. The van der Waals surface area contributed by atoms with E-state index in [1.54, 1.807) is 0 Å². The topological polar surface area (TPSA) is 64.1 Å². The zero-order valence-corrected chi connectivity index (χ0v) is 47.9. The van der Waals surface area contributed by atoms with Gasteiger partial charge in [-0.05, 0) is 127 Å². The normalized spacial score (nSPS) is 12.4. The van der Waals surface area contributed by atoms with Crippen molar-refractivity contribution in [1.29, 1.82) is 0 Å². The number of pyridine rings is 1. The van der Waals surface area contributed by atoms with Gasteiger partial charge >= 0.3 is 0 Å². The number of hydrogen-bond donors (Lipinski definition) is 1. The molecule has 3 heterocycles. The molecular weight excluding hydrogens is 1090 g/mol. The van der Waals surface area contributed by atoms with E-state index in [1.165, 1.54) is 33.4 Å². The van der Waals surface area contributed by atoms with Gasteiger partial charge in [0, 0.05) is 43.0 Å². The molecule has 74 heavy (non-hydrogen) atoms. The van der Waals surface area contributed by atoms with Crippen molar-refractivity contribution in [3.8, 4) is 67.6 Å². The number of fused-ring (bicyclic) bond motifs is 4. The molecule has 10 aromatic rings. The van der Waals surface area contributed by atoms with Crippen molar-refractivity contribution in [2.24, 2.45) is 0 Å². The summed E-state index contributed by atoms with van der Waals surface area (Å²) >= 11 is 0. The molecule has 0 unspecified atom stereocenters. The Hall–Kier alpha value is -6.55. The van der Waals surface area contributed by atoms with Crippen molar-refractivity contribution in [3.63, 3.8) is 0 Å². The van der Waals surface area contributed by atoms with Crippen LogP contribution in [0.15, 0.2) is 144 Å². The smallest absolute Gasteiger partial charge is 0.149 e. The zero-order chi connectivity index (χ0) is 51.8. The van der Waals surface area contributed by atoms with E-state index < -0.39 is 0 Å². The number of rotatable bonds is 10. The molecule has 0 radical (unpaired) electrons. The molecule has 0 fully saturated rings. The molecule has 0 saturated carbocycles. The maximum absolute atomic E-state index is 12.7. The van der Waals surface area contributed by atoms with Crippen LogP contribution in [0.2, 0.25) is 0 Å². The minimum atomic E-state index is -0.333. The molecule has 380 valence electrons. The quantitative estimate of drug-likeness (QED) is 0.139. The van der Waals surface area contributed by atoms with Gasteiger partial charge in [0.15, 0.2) is 0 Å². The summed E-state index contributed by atoms with van der Waals surface area (Å²) in [6, 6.07) is 53.5. The maximum Gasteiger partial charge on any atom is 0.149 e. The third kappa shape index (κ3) is 9.47. The van der Waals surface area contributed by atoms with Crippen LogP contribution in [0.5, 0.6) is 5.75 Å². The monoisotopic (exact) mass is 1160 g/mol. The Morgan fingerprint density at radius 3 is 1.77 bits per heavy atom. The summed E-state index contributed by atoms with van der Waals surface area (Å²) in [5, 5.41) is 14.9. The van der Waals surface area contributed by atoms with Gasteiger partial charge in [-0.1, -0.05) is 176 Å². The third-order valence-corrected chi connectivity index (χ3v) is 14.8. The molecule has 0 saturated heterocycles. The first-order valence-electron chi connectivity index (χ1n) is 26.3. The predicted octanol–water partition coefficient (Wildman–Crippen LogP) is 19.2. The second-order valence-corrected chi connectivity index (χ2v) is 23.5. The molecule has 0 atom stereocenters. The van der Waals surface area contributed by atoms with Crippen LogP contribution in [0.25, 0.3) is 94.8 Å². The van der Waals surface area contributed by atoms with Crippen molar-refractivity contribution in [2.45, 2.75) is 131 Å².